The zero-order valence-corrected chi connectivity index (χ0v) is 19.5. The molecule has 0 saturated heterocycles. The van der Waals surface area contributed by atoms with Gasteiger partial charge in [-0.1, -0.05) is 17.7 Å². The summed E-state index contributed by atoms with van der Waals surface area (Å²) in [6.07, 6.45) is 0. The van der Waals surface area contributed by atoms with Crippen LogP contribution >= 0.6 is 11.6 Å². The molecule has 2 N–H and O–H groups in total. The maximum atomic E-state index is 12.4. The van der Waals surface area contributed by atoms with Gasteiger partial charge in [0.25, 0.3) is 11.8 Å². The van der Waals surface area contributed by atoms with Gasteiger partial charge >= 0.3 is 0 Å². The predicted octanol–water partition coefficient (Wildman–Crippen LogP) is 2.47. The van der Waals surface area contributed by atoms with E-state index in [-0.39, 0.29) is 10.5 Å². The number of benzene rings is 2. The normalized spacial score (nSPS) is 11.4. The first-order chi connectivity index (χ1) is 15.0. The van der Waals surface area contributed by atoms with Crippen LogP contribution in [0.4, 0.5) is 0 Å². The highest BCUT2D eigenvalue weighted by molar-refractivity contribution is 7.89. The van der Waals surface area contributed by atoms with Crippen LogP contribution in [-0.4, -0.2) is 48.4 Å². The van der Waals surface area contributed by atoms with E-state index in [9.17, 15) is 18.0 Å². The molecule has 0 radical (unpaired) electrons. The average Bonchev–Trinajstić information content (AvgIpc) is 3.04. The Kier molecular flexibility index (Phi) is 6.68. The summed E-state index contributed by atoms with van der Waals surface area (Å²) in [5, 5.41) is 4.94. The highest BCUT2D eigenvalue weighted by atomic mass is 35.5. The van der Waals surface area contributed by atoms with Gasteiger partial charge in [-0.2, -0.15) is 5.10 Å². The number of amides is 2. The highest BCUT2D eigenvalue weighted by Gasteiger charge is 2.19. The summed E-state index contributed by atoms with van der Waals surface area (Å²) >= 11 is 6.18. The molecule has 3 aromatic rings. The lowest BCUT2D eigenvalue weighted by Crippen LogP contribution is -2.41. The van der Waals surface area contributed by atoms with Gasteiger partial charge in [0, 0.05) is 25.2 Å². The lowest BCUT2D eigenvalue weighted by atomic mass is 10.2. The molecular weight excluding hydrogens is 454 g/mol. The van der Waals surface area contributed by atoms with E-state index in [1.54, 1.807) is 28.9 Å². The van der Waals surface area contributed by atoms with Crippen LogP contribution in [-0.2, 0) is 10.0 Å². The van der Waals surface area contributed by atoms with Gasteiger partial charge in [-0.05, 0) is 56.3 Å². The van der Waals surface area contributed by atoms with Gasteiger partial charge < -0.3 is 0 Å². The number of hydrogen-bond donors (Lipinski definition) is 2. The van der Waals surface area contributed by atoms with E-state index in [0.29, 0.717) is 16.3 Å². The zero-order valence-electron chi connectivity index (χ0n) is 17.9. The summed E-state index contributed by atoms with van der Waals surface area (Å²) in [5.41, 5.74) is 7.23. The third-order valence-corrected chi connectivity index (χ3v) is 7.10. The summed E-state index contributed by atoms with van der Waals surface area (Å²) in [5.74, 6) is -1.18. The molecule has 3 rings (SSSR count). The zero-order chi connectivity index (χ0) is 23.6. The number of carbonyl (C=O) groups is 2. The largest absolute Gasteiger partial charge is 0.269 e. The van der Waals surface area contributed by atoms with Crippen LogP contribution in [0.2, 0.25) is 5.02 Å². The molecule has 0 unspecified atom stereocenters. The van der Waals surface area contributed by atoms with E-state index in [0.717, 1.165) is 15.7 Å². The van der Waals surface area contributed by atoms with Crippen LogP contribution in [0.25, 0.3) is 5.69 Å². The van der Waals surface area contributed by atoms with Gasteiger partial charge in [-0.15, -0.1) is 0 Å². The fourth-order valence-corrected chi connectivity index (χ4v) is 3.96. The average molecular weight is 476 g/mol. The third-order valence-electron chi connectivity index (χ3n) is 4.74. The Morgan fingerprint density at radius 3 is 2.09 bits per heavy atom. The van der Waals surface area contributed by atoms with Crippen LogP contribution in [0, 0.1) is 13.8 Å². The molecule has 0 spiro atoms. The van der Waals surface area contributed by atoms with Crippen LogP contribution in [0.15, 0.2) is 53.4 Å². The van der Waals surface area contributed by atoms with E-state index in [1.165, 1.54) is 38.4 Å². The number of carbonyl (C=O) groups excluding carboxylic acids is 2. The standard InChI is InChI=1S/C21H22ClN5O4S/c1-13-19(22)14(2)27(25-13)17-10-8-15(9-11-17)20(28)23-24-21(29)16-6-5-7-18(12-16)32(30,31)26(3)4/h5-12H,1-4H3,(H,23,28)(H,24,29). The van der Waals surface area contributed by atoms with E-state index >= 15 is 0 Å². The van der Waals surface area contributed by atoms with Crippen molar-refractivity contribution in [2.45, 2.75) is 18.7 Å². The number of hydrazine groups is 1. The molecule has 0 saturated carbocycles. The van der Waals surface area contributed by atoms with Crippen molar-refractivity contribution in [2.24, 2.45) is 0 Å². The molecule has 2 amide bonds. The summed E-state index contributed by atoms with van der Waals surface area (Å²) < 4.78 is 27.2. The van der Waals surface area contributed by atoms with Gasteiger partial charge in [0.15, 0.2) is 0 Å². The molecule has 0 atom stereocenters. The Balaban J connectivity index is 1.68. The number of nitrogens with one attached hydrogen (secondary N) is 2. The lowest BCUT2D eigenvalue weighted by molar-refractivity contribution is 0.0846. The lowest BCUT2D eigenvalue weighted by Gasteiger charge is -2.12. The van der Waals surface area contributed by atoms with E-state index < -0.39 is 21.8 Å². The van der Waals surface area contributed by atoms with Crippen molar-refractivity contribution < 1.29 is 18.0 Å². The first kappa shape index (κ1) is 23.5. The Labute approximate surface area is 191 Å². The van der Waals surface area contributed by atoms with Gasteiger partial charge in [0.1, 0.15) is 0 Å². The second-order valence-corrected chi connectivity index (χ2v) is 9.70. The van der Waals surface area contributed by atoms with E-state index in [2.05, 4.69) is 16.0 Å². The van der Waals surface area contributed by atoms with E-state index in [1.807, 2.05) is 13.8 Å². The van der Waals surface area contributed by atoms with E-state index in [4.69, 9.17) is 11.6 Å². The third kappa shape index (κ3) is 4.67. The predicted molar refractivity (Wildman–Crippen MR) is 120 cm³/mol. The molecule has 1 heterocycles. The smallest absolute Gasteiger partial charge is 0.267 e. The number of rotatable bonds is 5. The number of nitrogens with zero attached hydrogens (tertiary/aromatic N) is 3. The number of hydrogen-bond acceptors (Lipinski definition) is 5. The molecule has 0 aliphatic rings. The summed E-state index contributed by atoms with van der Waals surface area (Å²) in [7, 11) is -0.888. The Bertz CT molecular complexity index is 1280. The first-order valence-corrected chi connectivity index (χ1v) is 11.3. The number of aryl methyl sites for hydroxylation is 1. The maximum Gasteiger partial charge on any atom is 0.269 e. The van der Waals surface area contributed by atoms with Crippen LogP contribution in [0.3, 0.4) is 0 Å². The molecule has 0 aliphatic heterocycles. The molecule has 32 heavy (non-hydrogen) atoms. The minimum Gasteiger partial charge on any atom is -0.267 e. The molecule has 0 aliphatic carbocycles. The molecule has 0 bridgehead atoms. The molecule has 2 aromatic carbocycles. The number of halogens is 1. The van der Waals surface area contributed by atoms with Gasteiger partial charge in [0.2, 0.25) is 10.0 Å². The molecular formula is C21H22ClN5O4S. The second kappa shape index (κ2) is 9.11. The fourth-order valence-electron chi connectivity index (χ4n) is 2.90. The summed E-state index contributed by atoms with van der Waals surface area (Å²) in [6, 6.07) is 12.1. The Morgan fingerprint density at radius 1 is 0.969 bits per heavy atom. The topological polar surface area (TPSA) is 113 Å². The molecule has 9 nitrogen and oxygen atoms in total. The first-order valence-electron chi connectivity index (χ1n) is 9.48. The number of sulfonamides is 1. The monoisotopic (exact) mass is 475 g/mol. The summed E-state index contributed by atoms with van der Waals surface area (Å²) in [6.45, 7) is 3.65. The van der Waals surface area contributed by atoms with Gasteiger partial charge in [-0.3, -0.25) is 20.4 Å². The van der Waals surface area contributed by atoms with Crippen LogP contribution in [0.5, 0.6) is 0 Å². The van der Waals surface area contributed by atoms with Crippen molar-refractivity contribution in [3.05, 3.63) is 76.1 Å². The van der Waals surface area contributed by atoms with Crippen molar-refractivity contribution >= 4 is 33.4 Å². The Hall–Kier alpha value is -3.21. The van der Waals surface area contributed by atoms with Crippen LogP contribution < -0.4 is 10.9 Å². The molecule has 1 aromatic heterocycles. The second-order valence-electron chi connectivity index (χ2n) is 7.17. The van der Waals surface area contributed by atoms with Crippen molar-refractivity contribution in [3.63, 3.8) is 0 Å². The van der Waals surface area contributed by atoms with Gasteiger partial charge in [-0.25, -0.2) is 17.4 Å². The molecule has 0 fully saturated rings. The fraction of sp³-hybridized carbons (Fsp3) is 0.190. The minimum absolute atomic E-state index is 0.0266. The number of aromatic nitrogens is 2. The minimum atomic E-state index is -3.69. The molecule has 168 valence electrons. The quantitative estimate of drug-likeness (QED) is 0.550. The highest BCUT2D eigenvalue weighted by Crippen LogP contribution is 2.22. The van der Waals surface area contributed by atoms with Crippen LogP contribution in [0.1, 0.15) is 32.1 Å². The Morgan fingerprint density at radius 2 is 1.56 bits per heavy atom. The van der Waals surface area contributed by atoms with Crippen molar-refractivity contribution in [2.75, 3.05) is 14.1 Å². The van der Waals surface area contributed by atoms with Crippen molar-refractivity contribution in [1.29, 1.82) is 0 Å². The van der Waals surface area contributed by atoms with Crippen molar-refractivity contribution in [1.82, 2.24) is 24.9 Å². The maximum absolute atomic E-state index is 12.4. The molecule has 11 heteroatoms. The summed E-state index contributed by atoms with van der Waals surface area (Å²) in [4.78, 5) is 24.8. The SMILES string of the molecule is Cc1nn(-c2ccc(C(=O)NNC(=O)c3cccc(S(=O)(=O)N(C)C)c3)cc2)c(C)c1Cl. The van der Waals surface area contributed by atoms with Gasteiger partial charge in [0.05, 0.1) is 27.0 Å². The van der Waals surface area contributed by atoms with Crippen molar-refractivity contribution in [3.8, 4) is 5.69 Å².